The van der Waals surface area contributed by atoms with Gasteiger partial charge >= 0.3 is 11.9 Å². The number of carboxylic acid groups (broad SMARTS) is 2. The summed E-state index contributed by atoms with van der Waals surface area (Å²) in [6.07, 6.45) is -0.325. The fraction of sp³-hybridized carbons (Fsp3) is 0.667. The van der Waals surface area contributed by atoms with E-state index in [-0.39, 0.29) is 12.8 Å². The molecule has 1 rings (SSSR count). The molecule has 0 aliphatic heterocycles. The standard InChI is InChI=1S/C12H18N2O6/c1-13-9(15)5-3-6(10(16)14-2)8(12(19)20)4-7(5)11(17)18/h5-8H,3-4H2,1-2H3,(H,13,15)(H,14,16)(H,17,18)(H,19,20). The number of hydrogen-bond donors (Lipinski definition) is 4. The third-order valence-electron chi connectivity index (χ3n) is 3.79. The number of carbonyl (C=O) groups excluding carboxylic acids is 2. The summed E-state index contributed by atoms with van der Waals surface area (Å²) in [4.78, 5) is 46.0. The SMILES string of the molecule is CNC(=O)C1CC(C(=O)NC)C(C(=O)O)CC1C(=O)O. The Morgan fingerprint density at radius 1 is 0.750 bits per heavy atom. The Kier molecular flexibility index (Phi) is 5.06. The van der Waals surface area contributed by atoms with Gasteiger partial charge in [-0.25, -0.2) is 0 Å². The number of carboxylic acids is 2. The molecule has 1 aliphatic carbocycles. The normalized spacial score (nSPS) is 29.3. The van der Waals surface area contributed by atoms with Gasteiger partial charge in [0, 0.05) is 14.1 Å². The van der Waals surface area contributed by atoms with Gasteiger partial charge in [-0.1, -0.05) is 0 Å². The Morgan fingerprint density at radius 2 is 1.05 bits per heavy atom. The van der Waals surface area contributed by atoms with Crippen molar-refractivity contribution < 1.29 is 29.4 Å². The van der Waals surface area contributed by atoms with Crippen molar-refractivity contribution in [3.63, 3.8) is 0 Å². The Hall–Kier alpha value is -2.12. The first-order chi connectivity index (χ1) is 9.33. The topological polar surface area (TPSA) is 133 Å². The average Bonchev–Trinajstić information content (AvgIpc) is 2.43. The first-order valence-electron chi connectivity index (χ1n) is 6.22. The fourth-order valence-corrected chi connectivity index (χ4v) is 2.70. The summed E-state index contributed by atoms with van der Waals surface area (Å²) in [6, 6.07) is 0. The van der Waals surface area contributed by atoms with Crippen LogP contribution < -0.4 is 10.6 Å². The summed E-state index contributed by atoms with van der Waals surface area (Å²) in [5.41, 5.74) is 0. The number of carbonyl (C=O) groups is 4. The highest BCUT2D eigenvalue weighted by Gasteiger charge is 2.48. The molecule has 8 heteroatoms. The maximum absolute atomic E-state index is 11.8. The highest BCUT2D eigenvalue weighted by atomic mass is 16.4. The van der Waals surface area contributed by atoms with E-state index < -0.39 is 47.4 Å². The van der Waals surface area contributed by atoms with Crippen molar-refractivity contribution in [2.75, 3.05) is 14.1 Å². The van der Waals surface area contributed by atoms with Crippen LogP contribution in [0.4, 0.5) is 0 Å². The molecule has 1 fully saturated rings. The van der Waals surface area contributed by atoms with Crippen LogP contribution in [0.25, 0.3) is 0 Å². The predicted molar refractivity (Wildman–Crippen MR) is 66.6 cm³/mol. The average molecular weight is 286 g/mol. The number of rotatable bonds is 4. The maximum Gasteiger partial charge on any atom is 0.307 e. The van der Waals surface area contributed by atoms with E-state index in [1.807, 2.05) is 0 Å². The van der Waals surface area contributed by atoms with Crippen LogP contribution in [0.2, 0.25) is 0 Å². The molecule has 0 aromatic rings. The molecule has 1 aliphatic rings. The number of hydrogen-bond acceptors (Lipinski definition) is 4. The van der Waals surface area contributed by atoms with Crippen LogP contribution in [0, 0.1) is 23.7 Å². The molecule has 0 saturated heterocycles. The van der Waals surface area contributed by atoms with Crippen molar-refractivity contribution in [1.29, 1.82) is 0 Å². The molecule has 4 atom stereocenters. The van der Waals surface area contributed by atoms with Gasteiger partial charge in [-0.05, 0) is 12.8 Å². The number of nitrogens with one attached hydrogen (secondary N) is 2. The second-order valence-electron chi connectivity index (χ2n) is 4.80. The Bertz CT molecular complexity index is 398. The highest BCUT2D eigenvalue weighted by molar-refractivity contribution is 5.89. The van der Waals surface area contributed by atoms with Gasteiger partial charge in [-0.15, -0.1) is 0 Å². The van der Waals surface area contributed by atoms with E-state index >= 15 is 0 Å². The van der Waals surface area contributed by atoms with Crippen molar-refractivity contribution in [2.45, 2.75) is 12.8 Å². The van der Waals surface area contributed by atoms with Gasteiger partial charge in [0.05, 0.1) is 23.7 Å². The van der Waals surface area contributed by atoms with E-state index in [1.165, 1.54) is 14.1 Å². The molecular weight excluding hydrogens is 268 g/mol. The summed E-state index contributed by atoms with van der Waals surface area (Å²) in [5, 5.41) is 23.0. The quantitative estimate of drug-likeness (QED) is 0.519. The van der Waals surface area contributed by atoms with Crippen LogP contribution in [0.1, 0.15) is 12.8 Å². The number of aliphatic carboxylic acids is 2. The molecule has 0 aromatic heterocycles. The predicted octanol–water partition coefficient (Wildman–Crippen LogP) is -1.09. The lowest BCUT2D eigenvalue weighted by Crippen LogP contribution is -2.49. The summed E-state index contributed by atoms with van der Waals surface area (Å²) in [7, 11) is 2.75. The summed E-state index contributed by atoms with van der Waals surface area (Å²) < 4.78 is 0. The van der Waals surface area contributed by atoms with Crippen molar-refractivity contribution in [3.8, 4) is 0 Å². The third kappa shape index (κ3) is 3.06. The van der Waals surface area contributed by atoms with Gasteiger partial charge in [0.15, 0.2) is 0 Å². The van der Waals surface area contributed by atoms with Gasteiger partial charge in [-0.3, -0.25) is 19.2 Å². The number of amides is 2. The maximum atomic E-state index is 11.8. The Morgan fingerprint density at radius 3 is 1.30 bits per heavy atom. The molecule has 0 spiro atoms. The van der Waals surface area contributed by atoms with Gasteiger partial charge in [0.1, 0.15) is 0 Å². The summed E-state index contributed by atoms with van der Waals surface area (Å²) in [6.45, 7) is 0. The van der Waals surface area contributed by atoms with E-state index in [0.717, 1.165) is 0 Å². The minimum Gasteiger partial charge on any atom is -0.481 e. The zero-order valence-corrected chi connectivity index (χ0v) is 11.3. The minimum absolute atomic E-state index is 0.0900. The molecule has 0 aromatic carbocycles. The molecule has 0 radical (unpaired) electrons. The van der Waals surface area contributed by atoms with Gasteiger partial charge in [-0.2, -0.15) is 0 Å². The summed E-state index contributed by atoms with van der Waals surface area (Å²) >= 11 is 0. The zero-order chi connectivity index (χ0) is 15.4. The zero-order valence-electron chi connectivity index (χ0n) is 11.3. The van der Waals surface area contributed by atoms with Gasteiger partial charge in [0.25, 0.3) is 0 Å². The molecule has 8 nitrogen and oxygen atoms in total. The van der Waals surface area contributed by atoms with Crippen LogP contribution >= 0.6 is 0 Å². The van der Waals surface area contributed by atoms with Crippen molar-refractivity contribution in [2.24, 2.45) is 23.7 Å². The molecule has 0 bridgehead atoms. The first-order valence-corrected chi connectivity index (χ1v) is 6.22. The molecule has 20 heavy (non-hydrogen) atoms. The molecule has 2 amide bonds. The highest BCUT2D eigenvalue weighted by Crippen LogP contribution is 2.38. The van der Waals surface area contributed by atoms with Crippen molar-refractivity contribution in [1.82, 2.24) is 10.6 Å². The Labute approximate surface area is 115 Å². The molecule has 112 valence electrons. The molecule has 0 heterocycles. The van der Waals surface area contributed by atoms with Gasteiger partial charge < -0.3 is 20.8 Å². The monoisotopic (exact) mass is 286 g/mol. The molecule has 4 N–H and O–H groups in total. The molecular formula is C12H18N2O6. The largest absolute Gasteiger partial charge is 0.481 e. The van der Waals surface area contributed by atoms with Crippen LogP contribution in [-0.4, -0.2) is 48.1 Å². The second-order valence-corrected chi connectivity index (χ2v) is 4.80. The van der Waals surface area contributed by atoms with E-state index in [2.05, 4.69) is 10.6 Å². The van der Waals surface area contributed by atoms with Crippen LogP contribution in [0.5, 0.6) is 0 Å². The van der Waals surface area contributed by atoms with E-state index in [0.29, 0.717) is 0 Å². The van der Waals surface area contributed by atoms with Crippen LogP contribution in [-0.2, 0) is 19.2 Å². The third-order valence-corrected chi connectivity index (χ3v) is 3.79. The van der Waals surface area contributed by atoms with Crippen molar-refractivity contribution >= 4 is 23.8 Å². The van der Waals surface area contributed by atoms with E-state index in [4.69, 9.17) is 10.2 Å². The second kappa shape index (κ2) is 6.36. The lowest BCUT2D eigenvalue weighted by Gasteiger charge is -2.35. The van der Waals surface area contributed by atoms with E-state index in [9.17, 15) is 19.2 Å². The first kappa shape index (κ1) is 15.9. The molecule has 4 unspecified atom stereocenters. The van der Waals surface area contributed by atoms with Crippen LogP contribution in [0.15, 0.2) is 0 Å². The van der Waals surface area contributed by atoms with Crippen LogP contribution in [0.3, 0.4) is 0 Å². The molecule has 1 saturated carbocycles. The lowest BCUT2D eigenvalue weighted by molar-refractivity contribution is -0.159. The van der Waals surface area contributed by atoms with E-state index in [1.54, 1.807) is 0 Å². The Balaban J connectivity index is 3.09. The summed E-state index contributed by atoms with van der Waals surface area (Å²) in [5.74, 6) is -7.44. The fourth-order valence-electron chi connectivity index (χ4n) is 2.70. The lowest BCUT2D eigenvalue weighted by atomic mass is 9.67. The van der Waals surface area contributed by atoms with Gasteiger partial charge in [0.2, 0.25) is 11.8 Å². The minimum atomic E-state index is -1.22. The smallest absolute Gasteiger partial charge is 0.307 e. The van der Waals surface area contributed by atoms with Crippen molar-refractivity contribution in [3.05, 3.63) is 0 Å².